The van der Waals surface area contributed by atoms with Gasteiger partial charge in [0.05, 0.1) is 17.3 Å². The normalized spacial score (nSPS) is 16.4. The maximum absolute atomic E-state index is 14.7. The molecule has 0 bridgehead atoms. The van der Waals surface area contributed by atoms with Gasteiger partial charge in [0.15, 0.2) is 11.6 Å². The summed E-state index contributed by atoms with van der Waals surface area (Å²) in [6.45, 7) is 4.25. The van der Waals surface area contributed by atoms with Crippen LogP contribution in [0.5, 0.6) is 5.75 Å². The molecule has 2 unspecified atom stereocenters. The van der Waals surface area contributed by atoms with Crippen molar-refractivity contribution in [1.82, 2.24) is 9.80 Å². The SMILES string of the molecule is CCOC(=O)OC(C)OC(=O)C(C)Oc1cc(N2C(=O)N(C)C(S)N(C)C2=O)c(F)cc1Cl. The molecule has 1 saturated heterocycles. The Morgan fingerprint density at radius 2 is 1.73 bits per heavy atom. The summed E-state index contributed by atoms with van der Waals surface area (Å²) in [7, 11) is 2.78. The van der Waals surface area contributed by atoms with E-state index in [2.05, 4.69) is 17.4 Å². The summed E-state index contributed by atoms with van der Waals surface area (Å²) in [5.41, 5.74) is -1.29. The Hall–Kier alpha value is -2.93. The van der Waals surface area contributed by atoms with Crippen LogP contribution in [0.1, 0.15) is 20.8 Å². The third-order valence-corrected chi connectivity index (χ3v) is 5.35. The van der Waals surface area contributed by atoms with Crippen molar-refractivity contribution < 1.29 is 42.5 Å². The number of esters is 1. The van der Waals surface area contributed by atoms with Crippen molar-refractivity contribution in [3.05, 3.63) is 23.0 Å². The third kappa shape index (κ3) is 5.90. The maximum atomic E-state index is 14.7. The first-order valence-electron chi connectivity index (χ1n) is 9.60. The molecular formula is C19H23ClFN3O8S. The first kappa shape index (κ1) is 26.3. The molecule has 1 aliphatic heterocycles. The quantitative estimate of drug-likeness (QED) is 0.339. The molecule has 1 aromatic carbocycles. The van der Waals surface area contributed by atoms with Gasteiger partial charge in [-0.2, -0.15) is 0 Å². The predicted octanol–water partition coefficient (Wildman–Crippen LogP) is 3.45. The van der Waals surface area contributed by atoms with Crippen LogP contribution in [0, 0.1) is 5.82 Å². The highest BCUT2D eigenvalue weighted by Crippen LogP contribution is 2.35. The zero-order valence-corrected chi connectivity index (χ0v) is 20.1. The molecule has 182 valence electrons. The summed E-state index contributed by atoms with van der Waals surface area (Å²) in [6, 6.07) is 0.186. The zero-order chi connectivity index (χ0) is 25.0. The molecule has 1 heterocycles. The van der Waals surface area contributed by atoms with Gasteiger partial charge in [-0.15, -0.1) is 12.6 Å². The molecule has 14 heteroatoms. The topological polar surface area (TPSA) is 115 Å². The lowest BCUT2D eigenvalue weighted by molar-refractivity contribution is -0.175. The highest BCUT2D eigenvalue weighted by molar-refractivity contribution is 7.80. The second kappa shape index (κ2) is 10.8. The van der Waals surface area contributed by atoms with Crippen LogP contribution >= 0.6 is 24.2 Å². The highest BCUT2D eigenvalue weighted by Gasteiger charge is 2.41. The van der Waals surface area contributed by atoms with E-state index >= 15 is 0 Å². The summed E-state index contributed by atoms with van der Waals surface area (Å²) < 4.78 is 34.4. The van der Waals surface area contributed by atoms with Gasteiger partial charge in [-0.05, 0) is 19.9 Å². The van der Waals surface area contributed by atoms with Crippen molar-refractivity contribution in [2.75, 3.05) is 25.6 Å². The zero-order valence-electron chi connectivity index (χ0n) is 18.4. The van der Waals surface area contributed by atoms with Gasteiger partial charge in [0, 0.05) is 27.1 Å². The summed E-state index contributed by atoms with van der Waals surface area (Å²) in [6.07, 6.45) is -3.58. The van der Waals surface area contributed by atoms with E-state index in [1.807, 2.05) is 0 Å². The van der Waals surface area contributed by atoms with Crippen LogP contribution < -0.4 is 9.64 Å². The molecule has 0 radical (unpaired) electrons. The molecule has 1 fully saturated rings. The number of hydrogen-bond acceptors (Lipinski definition) is 9. The van der Waals surface area contributed by atoms with Crippen molar-refractivity contribution in [2.24, 2.45) is 0 Å². The number of urea groups is 2. The summed E-state index contributed by atoms with van der Waals surface area (Å²) in [4.78, 5) is 51.6. The van der Waals surface area contributed by atoms with E-state index in [-0.39, 0.29) is 17.4 Å². The Labute approximate surface area is 199 Å². The van der Waals surface area contributed by atoms with Gasteiger partial charge in [0.25, 0.3) is 0 Å². The first-order chi connectivity index (χ1) is 15.4. The van der Waals surface area contributed by atoms with Gasteiger partial charge in [-0.1, -0.05) is 11.6 Å². The third-order valence-electron chi connectivity index (χ3n) is 4.36. The number of benzene rings is 1. The Balaban J connectivity index is 2.21. The van der Waals surface area contributed by atoms with Crippen molar-refractivity contribution >= 4 is 54.1 Å². The maximum Gasteiger partial charge on any atom is 0.511 e. The lowest BCUT2D eigenvalue weighted by Gasteiger charge is -2.41. The van der Waals surface area contributed by atoms with Crippen molar-refractivity contribution in [1.29, 1.82) is 0 Å². The Kier molecular flexibility index (Phi) is 8.61. The number of ether oxygens (including phenoxy) is 4. The molecule has 0 spiro atoms. The Morgan fingerprint density at radius 1 is 1.15 bits per heavy atom. The van der Waals surface area contributed by atoms with Gasteiger partial charge >= 0.3 is 24.2 Å². The van der Waals surface area contributed by atoms with Crippen LogP contribution in [0.25, 0.3) is 0 Å². The molecule has 1 aliphatic rings. The lowest BCUT2D eigenvalue weighted by atomic mass is 10.2. The number of anilines is 1. The van der Waals surface area contributed by atoms with Crippen molar-refractivity contribution in [3.8, 4) is 5.75 Å². The van der Waals surface area contributed by atoms with Crippen molar-refractivity contribution in [3.63, 3.8) is 0 Å². The molecule has 11 nitrogen and oxygen atoms in total. The number of carbonyl (C=O) groups excluding carboxylic acids is 4. The monoisotopic (exact) mass is 507 g/mol. The van der Waals surface area contributed by atoms with Gasteiger partial charge in [-0.25, -0.2) is 28.5 Å². The molecule has 4 amide bonds. The predicted molar refractivity (Wildman–Crippen MR) is 117 cm³/mol. The molecular weight excluding hydrogens is 485 g/mol. The second-order valence-corrected chi connectivity index (χ2v) is 7.64. The van der Waals surface area contributed by atoms with E-state index < -0.39 is 53.6 Å². The van der Waals surface area contributed by atoms with Crippen LogP contribution in [0.4, 0.5) is 24.5 Å². The average Bonchev–Trinajstić information content (AvgIpc) is 2.73. The van der Waals surface area contributed by atoms with Gasteiger partial charge in [0.1, 0.15) is 11.6 Å². The number of imide groups is 1. The van der Waals surface area contributed by atoms with Crippen LogP contribution in [-0.2, 0) is 19.0 Å². The molecule has 0 N–H and O–H groups in total. The number of halogens is 2. The van der Waals surface area contributed by atoms with Crippen LogP contribution in [0.3, 0.4) is 0 Å². The van der Waals surface area contributed by atoms with E-state index in [0.717, 1.165) is 21.9 Å². The number of rotatable bonds is 7. The molecule has 2 atom stereocenters. The lowest BCUT2D eigenvalue weighted by Crippen LogP contribution is -2.62. The number of thiol groups is 1. The number of nitrogens with zero attached hydrogens (tertiary/aromatic N) is 3. The summed E-state index contributed by atoms with van der Waals surface area (Å²) in [5.74, 6) is -2.10. The average molecular weight is 508 g/mol. The van der Waals surface area contributed by atoms with Crippen LogP contribution in [0.2, 0.25) is 5.02 Å². The van der Waals surface area contributed by atoms with Crippen LogP contribution in [0.15, 0.2) is 12.1 Å². The van der Waals surface area contributed by atoms with Crippen LogP contribution in [-0.4, -0.2) is 72.6 Å². The van der Waals surface area contributed by atoms with E-state index in [1.54, 1.807) is 6.92 Å². The van der Waals surface area contributed by atoms with E-state index in [0.29, 0.717) is 4.90 Å². The fourth-order valence-electron chi connectivity index (χ4n) is 2.65. The molecule has 2 rings (SSSR count). The van der Waals surface area contributed by atoms with E-state index in [9.17, 15) is 23.6 Å². The molecule has 0 saturated carbocycles. The Morgan fingerprint density at radius 3 is 2.27 bits per heavy atom. The standard InChI is InChI=1S/C19H23ClFN3O8S/c1-6-29-19(28)32-10(3)31-15(25)9(2)30-14-8-13(12(21)7-11(14)20)24-16(26)22(4)18(33)23(5)17(24)27/h7-10,18,33H,6H2,1-5H3. The van der Waals surface area contributed by atoms with E-state index in [1.165, 1.54) is 27.9 Å². The molecule has 33 heavy (non-hydrogen) atoms. The smallest absolute Gasteiger partial charge is 0.477 e. The van der Waals surface area contributed by atoms with Gasteiger partial charge < -0.3 is 18.9 Å². The largest absolute Gasteiger partial charge is 0.511 e. The van der Waals surface area contributed by atoms with E-state index in [4.69, 9.17) is 25.8 Å². The molecule has 0 aliphatic carbocycles. The summed E-state index contributed by atoms with van der Waals surface area (Å²) in [5, 5.41) is -0.225. The fourth-order valence-corrected chi connectivity index (χ4v) is 3.04. The van der Waals surface area contributed by atoms with Gasteiger partial charge in [-0.3, -0.25) is 9.80 Å². The number of hydrogen-bond donors (Lipinski definition) is 1. The summed E-state index contributed by atoms with van der Waals surface area (Å²) >= 11 is 10.2. The van der Waals surface area contributed by atoms with Gasteiger partial charge in [0.2, 0.25) is 6.29 Å². The van der Waals surface area contributed by atoms with Crippen molar-refractivity contribution in [2.45, 2.75) is 38.7 Å². The Bertz CT molecular complexity index is 930. The minimum absolute atomic E-state index is 0.0761. The minimum Gasteiger partial charge on any atom is -0.477 e. The fraction of sp³-hybridized carbons (Fsp3) is 0.474. The molecule has 1 aromatic rings. The first-order valence-corrected chi connectivity index (χ1v) is 10.5. The minimum atomic E-state index is -1.28. The second-order valence-electron chi connectivity index (χ2n) is 6.77. The molecule has 0 aromatic heterocycles. The number of carbonyl (C=O) groups is 4. The highest BCUT2D eigenvalue weighted by atomic mass is 35.5. The number of amides is 4.